The lowest BCUT2D eigenvalue weighted by molar-refractivity contribution is 0.375. The second-order valence-corrected chi connectivity index (χ2v) is 7.41. The van der Waals surface area contributed by atoms with Crippen molar-refractivity contribution in [1.82, 2.24) is 4.31 Å². The first-order valence-corrected chi connectivity index (χ1v) is 7.21. The molecule has 0 spiro atoms. The van der Waals surface area contributed by atoms with E-state index in [0.717, 1.165) is 18.6 Å². The second-order valence-electron chi connectivity index (χ2n) is 5.47. The summed E-state index contributed by atoms with van der Waals surface area (Å²) in [5, 5.41) is 0. The van der Waals surface area contributed by atoms with Crippen LogP contribution in [0.5, 0.6) is 0 Å². The molecule has 1 fully saturated rings. The Balaban J connectivity index is 2.37. The highest BCUT2D eigenvalue weighted by molar-refractivity contribution is 7.89. The lowest BCUT2D eigenvalue weighted by Crippen LogP contribution is -2.30. The molecule has 0 radical (unpaired) electrons. The normalized spacial score (nSPS) is 20.2. The molecular weight excluding hydrogens is 255 g/mol. The SMILES string of the molecule is CC1(C)CCN(S(=O)(=O)c2cc(N)cc(F)c2)C1. The highest BCUT2D eigenvalue weighted by Gasteiger charge is 2.37. The number of sulfonamides is 1. The summed E-state index contributed by atoms with van der Waals surface area (Å²) in [5.74, 6) is -0.632. The fourth-order valence-corrected chi connectivity index (χ4v) is 3.85. The van der Waals surface area contributed by atoms with E-state index in [1.54, 1.807) is 0 Å². The zero-order valence-electron chi connectivity index (χ0n) is 10.5. The third-order valence-electron chi connectivity index (χ3n) is 3.17. The van der Waals surface area contributed by atoms with Gasteiger partial charge in [-0.3, -0.25) is 0 Å². The molecular formula is C12H17FN2O2S. The molecule has 0 aliphatic carbocycles. The number of nitrogens with zero attached hydrogens (tertiary/aromatic N) is 1. The van der Waals surface area contributed by atoms with Gasteiger partial charge in [-0.05, 0) is 30.0 Å². The molecule has 1 aliphatic heterocycles. The molecule has 2 rings (SSSR count). The molecule has 2 N–H and O–H groups in total. The van der Waals surface area contributed by atoms with Crippen molar-refractivity contribution in [3.63, 3.8) is 0 Å². The number of hydrogen-bond acceptors (Lipinski definition) is 3. The summed E-state index contributed by atoms with van der Waals surface area (Å²) in [6.45, 7) is 4.95. The van der Waals surface area contributed by atoms with Gasteiger partial charge in [0.05, 0.1) is 4.90 Å². The van der Waals surface area contributed by atoms with Gasteiger partial charge in [0.25, 0.3) is 0 Å². The molecule has 1 aromatic carbocycles. The van der Waals surface area contributed by atoms with E-state index in [4.69, 9.17) is 5.73 Å². The van der Waals surface area contributed by atoms with Crippen molar-refractivity contribution in [2.45, 2.75) is 25.2 Å². The summed E-state index contributed by atoms with van der Waals surface area (Å²) < 4.78 is 39.3. The smallest absolute Gasteiger partial charge is 0.243 e. The molecule has 1 aromatic rings. The van der Waals surface area contributed by atoms with Crippen molar-refractivity contribution in [1.29, 1.82) is 0 Å². The van der Waals surface area contributed by atoms with Crippen molar-refractivity contribution in [2.24, 2.45) is 5.41 Å². The molecule has 18 heavy (non-hydrogen) atoms. The Kier molecular flexibility index (Phi) is 3.11. The van der Waals surface area contributed by atoms with Gasteiger partial charge < -0.3 is 5.73 Å². The highest BCUT2D eigenvalue weighted by Crippen LogP contribution is 2.33. The van der Waals surface area contributed by atoms with Crippen LogP contribution in [0.2, 0.25) is 0 Å². The van der Waals surface area contributed by atoms with Gasteiger partial charge >= 0.3 is 0 Å². The van der Waals surface area contributed by atoms with Crippen LogP contribution >= 0.6 is 0 Å². The van der Waals surface area contributed by atoms with Gasteiger partial charge in [0.2, 0.25) is 10.0 Å². The fourth-order valence-electron chi connectivity index (χ4n) is 2.15. The average molecular weight is 272 g/mol. The molecule has 0 amide bonds. The van der Waals surface area contributed by atoms with Crippen molar-refractivity contribution < 1.29 is 12.8 Å². The van der Waals surface area contributed by atoms with Gasteiger partial charge in [-0.2, -0.15) is 4.31 Å². The van der Waals surface area contributed by atoms with Crippen LogP contribution in [0.15, 0.2) is 23.1 Å². The van der Waals surface area contributed by atoms with Crippen molar-refractivity contribution >= 4 is 15.7 Å². The van der Waals surface area contributed by atoms with Gasteiger partial charge in [-0.25, -0.2) is 12.8 Å². The Bertz CT molecular complexity index is 549. The summed E-state index contributed by atoms with van der Waals surface area (Å²) in [4.78, 5) is -0.0716. The Morgan fingerprint density at radius 3 is 2.50 bits per heavy atom. The van der Waals surface area contributed by atoms with Crippen LogP contribution in [0, 0.1) is 11.2 Å². The van der Waals surface area contributed by atoms with Crippen LogP contribution < -0.4 is 5.73 Å². The van der Waals surface area contributed by atoms with Crippen molar-refractivity contribution in [3.8, 4) is 0 Å². The van der Waals surface area contributed by atoms with Crippen LogP contribution in [0.4, 0.5) is 10.1 Å². The van der Waals surface area contributed by atoms with Crippen LogP contribution in [0.25, 0.3) is 0 Å². The maximum atomic E-state index is 13.2. The van der Waals surface area contributed by atoms with Crippen LogP contribution in [0.1, 0.15) is 20.3 Å². The van der Waals surface area contributed by atoms with Gasteiger partial charge in [0.1, 0.15) is 5.82 Å². The monoisotopic (exact) mass is 272 g/mol. The largest absolute Gasteiger partial charge is 0.399 e. The Morgan fingerprint density at radius 1 is 1.33 bits per heavy atom. The molecule has 0 unspecified atom stereocenters. The number of benzene rings is 1. The van der Waals surface area contributed by atoms with E-state index in [2.05, 4.69) is 0 Å². The predicted molar refractivity (Wildman–Crippen MR) is 68.0 cm³/mol. The lowest BCUT2D eigenvalue weighted by Gasteiger charge is -2.19. The molecule has 0 bridgehead atoms. The first kappa shape index (κ1) is 13.3. The van der Waals surface area contributed by atoms with E-state index in [9.17, 15) is 12.8 Å². The molecule has 4 nitrogen and oxygen atoms in total. The Morgan fingerprint density at radius 2 is 2.00 bits per heavy atom. The Hall–Kier alpha value is -1.14. The molecule has 1 aliphatic rings. The number of hydrogen-bond donors (Lipinski definition) is 1. The number of nitrogen functional groups attached to an aromatic ring is 1. The predicted octanol–water partition coefficient (Wildman–Crippen LogP) is 1.83. The van der Waals surface area contributed by atoms with Gasteiger partial charge in [-0.15, -0.1) is 0 Å². The lowest BCUT2D eigenvalue weighted by atomic mass is 9.93. The van der Waals surface area contributed by atoms with Crippen LogP contribution in [-0.4, -0.2) is 25.8 Å². The third-order valence-corrected chi connectivity index (χ3v) is 5.00. The molecule has 1 heterocycles. The molecule has 100 valence electrons. The standard InChI is InChI=1S/C12H17FN2O2S/c1-12(2)3-4-15(8-12)18(16,17)11-6-9(13)5-10(14)7-11/h5-7H,3-4,8,14H2,1-2H3. The van der Waals surface area contributed by atoms with E-state index >= 15 is 0 Å². The number of anilines is 1. The summed E-state index contributed by atoms with van der Waals surface area (Å²) in [5.41, 5.74) is 5.57. The van der Waals surface area contributed by atoms with Gasteiger partial charge in [-0.1, -0.05) is 13.8 Å². The quantitative estimate of drug-likeness (QED) is 0.835. The average Bonchev–Trinajstić information content (AvgIpc) is 2.58. The van der Waals surface area contributed by atoms with Gasteiger partial charge in [0.15, 0.2) is 0 Å². The highest BCUT2D eigenvalue weighted by atomic mass is 32.2. The van der Waals surface area contributed by atoms with E-state index in [1.807, 2.05) is 13.8 Å². The number of halogens is 1. The minimum absolute atomic E-state index is 0.0358. The first-order valence-electron chi connectivity index (χ1n) is 5.77. The maximum absolute atomic E-state index is 13.2. The molecule has 0 saturated carbocycles. The Labute approximate surface area is 107 Å². The van der Waals surface area contributed by atoms with E-state index in [0.29, 0.717) is 13.1 Å². The van der Waals surface area contributed by atoms with E-state index in [-0.39, 0.29) is 16.0 Å². The molecule has 0 aromatic heterocycles. The number of nitrogens with two attached hydrogens (primary N) is 1. The summed E-state index contributed by atoms with van der Waals surface area (Å²) >= 11 is 0. The minimum Gasteiger partial charge on any atom is -0.399 e. The molecule has 6 heteroatoms. The topological polar surface area (TPSA) is 63.4 Å². The van der Waals surface area contributed by atoms with Crippen LogP contribution in [-0.2, 0) is 10.0 Å². The summed E-state index contributed by atoms with van der Waals surface area (Å²) in [7, 11) is -3.64. The minimum atomic E-state index is -3.64. The number of rotatable bonds is 2. The summed E-state index contributed by atoms with van der Waals surface area (Å²) in [6.07, 6.45) is 0.803. The van der Waals surface area contributed by atoms with Crippen LogP contribution in [0.3, 0.4) is 0 Å². The second kappa shape index (κ2) is 4.20. The van der Waals surface area contributed by atoms with E-state index < -0.39 is 15.8 Å². The molecule has 1 saturated heterocycles. The summed E-state index contributed by atoms with van der Waals surface area (Å²) in [6, 6.07) is 3.41. The first-order chi connectivity index (χ1) is 8.21. The third kappa shape index (κ3) is 2.49. The zero-order chi connectivity index (χ0) is 13.6. The van der Waals surface area contributed by atoms with Crippen molar-refractivity contribution in [3.05, 3.63) is 24.0 Å². The van der Waals surface area contributed by atoms with Crippen molar-refractivity contribution in [2.75, 3.05) is 18.8 Å². The van der Waals surface area contributed by atoms with Gasteiger partial charge in [0, 0.05) is 18.8 Å². The molecule has 0 atom stereocenters. The maximum Gasteiger partial charge on any atom is 0.243 e. The van der Waals surface area contributed by atoms with E-state index in [1.165, 1.54) is 10.4 Å². The fraction of sp³-hybridized carbons (Fsp3) is 0.500. The zero-order valence-corrected chi connectivity index (χ0v) is 11.3.